The number of nitrogens with one attached hydrogen (secondary N) is 1. The van der Waals surface area contributed by atoms with Gasteiger partial charge in [-0.3, -0.25) is 9.69 Å². The van der Waals surface area contributed by atoms with E-state index in [2.05, 4.69) is 10.2 Å². The highest BCUT2D eigenvalue weighted by atomic mass is 32.2. The standard InChI is InChI=1S/C17H26N2O3S/c1-14(23-16-6-4-15(21-2)5-7-16)17(20)18-8-3-9-19-10-12-22-13-11-19/h4-7,14H,3,8-13H2,1-2H3,(H,18,20)/t14-/m1/s1. The van der Waals surface area contributed by atoms with Crippen LogP contribution in [0, 0.1) is 0 Å². The normalized spacial score (nSPS) is 16.8. The number of carbonyl (C=O) groups excluding carboxylic acids is 1. The number of carbonyl (C=O) groups is 1. The van der Waals surface area contributed by atoms with E-state index in [4.69, 9.17) is 9.47 Å². The summed E-state index contributed by atoms with van der Waals surface area (Å²) in [5.41, 5.74) is 0. The van der Waals surface area contributed by atoms with Crippen LogP contribution in [0.5, 0.6) is 5.75 Å². The molecule has 0 saturated carbocycles. The van der Waals surface area contributed by atoms with E-state index in [1.165, 1.54) is 0 Å². The Kier molecular flexibility index (Phi) is 7.71. The molecule has 1 N–H and O–H groups in total. The SMILES string of the molecule is COc1ccc(S[C@H](C)C(=O)NCCCN2CCOCC2)cc1. The van der Waals surface area contributed by atoms with Gasteiger partial charge in [0, 0.05) is 24.5 Å². The topological polar surface area (TPSA) is 50.8 Å². The average molecular weight is 338 g/mol. The van der Waals surface area contributed by atoms with Crippen molar-refractivity contribution in [2.45, 2.75) is 23.5 Å². The zero-order chi connectivity index (χ0) is 16.5. The van der Waals surface area contributed by atoms with Gasteiger partial charge in [-0.2, -0.15) is 0 Å². The minimum Gasteiger partial charge on any atom is -0.497 e. The number of nitrogens with zero attached hydrogens (tertiary/aromatic N) is 1. The fourth-order valence-corrected chi connectivity index (χ4v) is 3.29. The van der Waals surface area contributed by atoms with E-state index >= 15 is 0 Å². The Morgan fingerprint density at radius 3 is 2.70 bits per heavy atom. The van der Waals surface area contributed by atoms with Crippen LogP contribution in [-0.2, 0) is 9.53 Å². The molecule has 128 valence electrons. The molecular formula is C17H26N2O3S. The van der Waals surface area contributed by atoms with Crippen LogP contribution >= 0.6 is 11.8 Å². The molecule has 1 aliphatic heterocycles. The fraction of sp³-hybridized carbons (Fsp3) is 0.588. The lowest BCUT2D eigenvalue weighted by Crippen LogP contribution is -2.38. The van der Waals surface area contributed by atoms with Gasteiger partial charge < -0.3 is 14.8 Å². The van der Waals surface area contributed by atoms with Crippen LogP contribution in [0.4, 0.5) is 0 Å². The predicted molar refractivity (Wildman–Crippen MR) is 93.2 cm³/mol. The van der Waals surface area contributed by atoms with Gasteiger partial charge in [-0.25, -0.2) is 0 Å². The number of benzene rings is 1. The smallest absolute Gasteiger partial charge is 0.233 e. The lowest BCUT2D eigenvalue weighted by atomic mass is 10.3. The van der Waals surface area contributed by atoms with Crippen molar-refractivity contribution < 1.29 is 14.3 Å². The van der Waals surface area contributed by atoms with E-state index in [1.807, 2.05) is 31.2 Å². The monoisotopic (exact) mass is 338 g/mol. The van der Waals surface area contributed by atoms with Gasteiger partial charge in [-0.15, -0.1) is 11.8 Å². The van der Waals surface area contributed by atoms with E-state index < -0.39 is 0 Å². The zero-order valence-electron chi connectivity index (χ0n) is 13.9. The van der Waals surface area contributed by atoms with Gasteiger partial charge in [0.2, 0.25) is 5.91 Å². The van der Waals surface area contributed by atoms with E-state index in [1.54, 1.807) is 18.9 Å². The van der Waals surface area contributed by atoms with Crippen molar-refractivity contribution in [3.05, 3.63) is 24.3 Å². The van der Waals surface area contributed by atoms with Crippen LogP contribution in [0.1, 0.15) is 13.3 Å². The minimum absolute atomic E-state index is 0.0906. The maximum atomic E-state index is 12.1. The molecule has 1 amide bonds. The highest BCUT2D eigenvalue weighted by Crippen LogP contribution is 2.25. The average Bonchev–Trinajstić information content (AvgIpc) is 2.60. The van der Waals surface area contributed by atoms with Crippen molar-refractivity contribution >= 4 is 17.7 Å². The number of rotatable bonds is 8. The van der Waals surface area contributed by atoms with Crippen molar-refractivity contribution in [2.75, 3.05) is 46.5 Å². The van der Waals surface area contributed by atoms with Gasteiger partial charge in [0.1, 0.15) is 5.75 Å². The summed E-state index contributed by atoms with van der Waals surface area (Å²) < 4.78 is 10.5. The van der Waals surface area contributed by atoms with Gasteiger partial charge in [-0.1, -0.05) is 0 Å². The number of hydrogen-bond donors (Lipinski definition) is 1. The Bertz CT molecular complexity index is 475. The summed E-state index contributed by atoms with van der Waals surface area (Å²) in [6.07, 6.45) is 0.978. The molecule has 1 aromatic rings. The molecule has 1 heterocycles. The Labute approximate surface area is 142 Å². The molecule has 2 rings (SSSR count). The van der Waals surface area contributed by atoms with E-state index in [0.717, 1.165) is 56.5 Å². The highest BCUT2D eigenvalue weighted by Gasteiger charge is 2.14. The Hall–Kier alpha value is -1.24. The molecule has 1 aliphatic rings. The molecule has 0 unspecified atom stereocenters. The first-order valence-corrected chi connectivity index (χ1v) is 8.95. The molecule has 23 heavy (non-hydrogen) atoms. The summed E-state index contributed by atoms with van der Waals surface area (Å²) >= 11 is 1.56. The van der Waals surface area contributed by atoms with Gasteiger partial charge in [0.05, 0.1) is 25.6 Å². The Morgan fingerprint density at radius 1 is 1.35 bits per heavy atom. The predicted octanol–water partition coefficient (Wildman–Crippen LogP) is 2.01. The molecule has 1 atom stereocenters. The van der Waals surface area contributed by atoms with Gasteiger partial charge in [0.25, 0.3) is 0 Å². The number of amides is 1. The van der Waals surface area contributed by atoms with Gasteiger partial charge in [0.15, 0.2) is 0 Å². The summed E-state index contributed by atoms with van der Waals surface area (Å²) in [5.74, 6) is 0.919. The molecule has 6 heteroatoms. The van der Waals surface area contributed by atoms with Crippen molar-refractivity contribution in [2.24, 2.45) is 0 Å². The first-order valence-electron chi connectivity index (χ1n) is 8.07. The van der Waals surface area contributed by atoms with Crippen LogP contribution in [0.15, 0.2) is 29.2 Å². The molecule has 0 radical (unpaired) electrons. The summed E-state index contributed by atoms with van der Waals surface area (Å²) in [4.78, 5) is 15.6. The van der Waals surface area contributed by atoms with Crippen LogP contribution in [0.3, 0.4) is 0 Å². The third kappa shape index (κ3) is 6.41. The number of ether oxygens (including phenoxy) is 2. The molecule has 1 saturated heterocycles. The lowest BCUT2D eigenvalue weighted by Gasteiger charge is -2.26. The van der Waals surface area contributed by atoms with Crippen molar-refractivity contribution in [3.8, 4) is 5.75 Å². The third-order valence-electron chi connectivity index (χ3n) is 3.80. The molecule has 0 aliphatic carbocycles. The lowest BCUT2D eigenvalue weighted by molar-refractivity contribution is -0.120. The molecule has 0 spiro atoms. The van der Waals surface area contributed by atoms with Crippen LogP contribution in [-0.4, -0.2) is 62.6 Å². The zero-order valence-corrected chi connectivity index (χ0v) is 14.7. The Morgan fingerprint density at radius 2 is 2.04 bits per heavy atom. The molecular weight excluding hydrogens is 312 g/mol. The quantitative estimate of drug-likeness (QED) is 0.580. The second kappa shape index (κ2) is 9.80. The van der Waals surface area contributed by atoms with Crippen molar-refractivity contribution in [1.82, 2.24) is 10.2 Å². The third-order valence-corrected chi connectivity index (χ3v) is 4.91. The van der Waals surface area contributed by atoms with Crippen molar-refractivity contribution in [1.29, 1.82) is 0 Å². The summed E-state index contributed by atoms with van der Waals surface area (Å²) in [7, 11) is 1.65. The molecule has 1 fully saturated rings. The van der Waals surface area contributed by atoms with Crippen molar-refractivity contribution in [3.63, 3.8) is 0 Å². The minimum atomic E-state index is -0.105. The Balaban J connectivity index is 1.63. The highest BCUT2D eigenvalue weighted by molar-refractivity contribution is 8.00. The van der Waals surface area contributed by atoms with Crippen LogP contribution in [0.2, 0.25) is 0 Å². The van der Waals surface area contributed by atoms with E-state index in [0.29, 0.717) is 0 Å². The largest absolute Gasteiger partial charge is 0.497 e. The number of hydrogen-bond acceptors (Lipinski definition) is 5. The molecule has 0 aromatic heterocycles. The summed E-state index contributed by atoms with van der Waals surface area (Å²) in [6.45, 7) is 7.32. The molecule has 1 aromatic carbocycles. The number of thioether (sulfide) groups is 1. The van der Waals surface area contributed by atoms with Gasteiger partial charge in [-0.05, 0) is 44.2 Å². The second-order valence-electron chi connectivity index (χ2n) is 5.53. The summed E-state index contributed by atoms with van der Waals surface area (Å²) in [6, 6.07) is 7.78. The maximum Gasteiger partial charge on any atom is 0.233 e. The van der Waals surface area contributed by atoms with Gasteiger partial charge >= 0.3 is 0 Å². The number of methoxy groups -OCH3 is 1. The number of morpholine rings is 1. The van der Waals surface area contributed by atoms with E-state index in [-0.39, 0.29) is 11.2 Å². The summed E-state index contributed by atoms with van der Waals surface area (Å²) in [5, 5.41) is 2.92. The first-order chi connectivity index (χ1) is 11.2. The van der Waals surface area contributed by atoms with E-state index in [9.17, 15) is 4.79 Å². The van der Waals surface area contributed by atoms with Crippen LogP contribution in [0.25, 0.3) is 0 Å². The van der Waals surface area contributed by atoms with Crippen LogP contribution < -0.4 is 10.1 Å². The maximum absolute atomic E-state index is 12.1. The second-order valence-corrected chi connectivity index (χ2v) is 6.95. The first kappa shape index (κ1) is 18.1. The fourth-order valence-electron chi connectivity index (χ4n) is 2.39. The molecule has 5 nitrogen and oxygen atoms in total. The molecule has 0 bridgehead atoms.